The molecule has 0 aliphatic heterocycles. The summed E-state index contributed by atoms with van der Waals surface area (Å²) < 4.78 is 0. The molecule has 0 fully saturated rings. The largest absolute Gasteiger partial charge is 0.269 e. The van der Waals surface area contributed by atoms with E-state index in [1.807, 2.05) is 0 Å². The number of hydrogen-bond donors (Lipinski definition) is 0. The lowest BCUT2D eigenvalue weighted by Crippen LogP contribution is -2.51. The Hall–Kier alpha value is -4.08. The molecule has 0 N–H and O–H groups in total. The number of benzene rings is 3. The molecule has 0 aliphatic carbocycles. The highest BCUT2D eigenvalue weighted by atomic mass is 16.6. The van der Waals surface area contributed by atoms with Crippen molar-refractivity contribution in [3.8, 4) is 0 Å². The van der Waals surface area contributed by atoms with Crippen LogP contribution in [0, 0.1) is 30.3 Å². The highest BCUT2D eigenvalue weighted by Gasteiger charge is 2.24. The maximum atomic E-state index is 10.9. The van der Waals surface area contributed by atoms with Crippen molar-refractivity contribution in [1.82, 2.24) is 0 Å². The third-order valence-electron chi connectivity index (χ3n) is 4.31. The summed E-state index contributed by atoms with van der Waals surface area (Å²) in [5.74, 6) is 0. The Kier molecular flexibility index (Phi) is 5.12. The quantitative estimate of drug-likeness (QED) is 0.367. The molecule has 0 atom stereocenters. The van der Waals surface area contributed by atoms with Gasteiger partial charge in [0.05, 0.1) is 14.8 Å². The zero-order chi connectivity index (χ0) is 20.3. The maximum Gasteiger partial charge on any atom is 0.269 e. The Morgan fingerprint density at radius 1 is 0.464 bits per heavy atom. The lowest BCUT2D eigenvalue weighted by molar-refractivity contribution is -0.385. The van der Waals surface area contributed by atoms with Gasteiger partial charge in [-0.2, -0.15) is 0 Å². The van der Waals surface area contributed by atoms with Gasteiger partial charge in [-0.05, 0) is 0 Å². The normalized spacial score (nSPS) is 10.3. The molecule has 0 aromatic heterocycles. The Labute approximate surface area is 158 Å². The van der Waals surface area contributed by atoms with Gasteiger partial charge in [0.15, 0.2) is 0 Å². The third-order valence-corrected chi connectivity index (χ3v) is 4.31. The van der Waals surface area contributed by atoms with Crippen molar-refractivity contribution < 1.29 is 14.8 Å². The molecule has 0 bridgehead atoms. The summed E-state index contributed by atoms with van der Waals surface area (Å²) in [6, 6.07) is 17.9. The van der Waals surface area contributed by atoms with Crippen LogP contribution in [-0.4, -0.2) is 21.5 Å². The van der Waals surface area contributed by atoms with Crippen molar-refractivity contribution in [3.05, 3.63) is 103 Å². The average molecular weight is 377 g/mol. The number of non-ortho nitro benzene ring substituents is 3. The van der Waals surface area contributed by atoms with Gasteiger partial charge in [-0.3, -0.25) is 30.3 Å². The van der Waals surface area contributed by atoms with E-state index in [9.17, 15) is 30.3 Å². The van der Waals surface area contributed by atoms with Crippen LogP contribution < -0.4 is 16.4 Å². The van der Waals surface area contributed by atoms with Crippen LogP contribution >= 0.6 is 0 Å². The highest BCUT2D eigenvalue weighted by molar-refractivity contribution is 6.95. The van der Waals surface area contributed by atoms with Crippen molar-refractivity contribution in [2.45, 2.75) is 0 Å². The van der Waals surface area contributed by atoms with E-state index >= 15 is 0 Å². The standard InChI is InChI=1S/C18H12BN3O6/c23-20(24)16-7-1-13(2-8-16)19(14-3-9-17(10-4-14)21(25)26)15-5-11-18(12-6-15)22(27)28/h1-12H. The Balaban J connectivity index is 2.08. The summed E-state index contributed by atoms with van der Waals surface area (Å²) in [5, 5.41) is 32.7. The van der Waals surface area contributed by atoms with Crippen LogP contribution in [0.15, 0.2) is 72.8 Å². The van der Waals surface area contributed by atoms with E-state index in [-0.39, 0.29) is 17.1 Å². The van der Waals surface area contributed by atoms with E-state index in [2.05, 4.69) is 0 Å². The van der Waals surface area contributed by atoms with Gasteiger partial charge >= 0.3 is 0 Å². The van der Waals surface area contributed by atoms with Crippen LogP contribution in [-0.2, 0) is 0 Å². The molecule has 0 spiro atoms. The molecule has 28 heavy (non-hydrogen) atoms. The molecule has 0 radical (unpaired) electrons. The second kappa shape index (κ2) is 7.66. The summed E-state index contributed by atoms with van der Waals surface area (Å²) in [7, 11) is 0. The third kappa shape index (κ3) is 3.85. The van der Waals surface area contributed by atoms with Gasteiger partial charge in [0.1, 0.15) is 0 Å². The van der Waals surface area contributed by atoms with Crippen LogP contribution in [0.2, 0.25) is 0 Å². The summed E-state index contributed by atoms with van der Waals surface area (Å²) in [5.41, 5.74) is 1.97. The molecule has 0 amide bonds. The summed E-state index contributed by atoms with van der Waals surface area (Å²) in [6.07, 6.45) is 0. The molecule has 3 aromatic rings. The second-order valence-electron chi connectivity index (χ2n) is 5.98. The van der Waals surface area contributed by atoms with E-state index in [4.69, 9.17) is 0 Å². The number of nitro benzene ring substituents is 3. The molecule has 0 saturated carbocycles. The monoisotopic (exact) mass is 377 g/mol. The zero-order valence-corrected chi connectivity index (χ0v) is 14.3. The molecule has 0 unspecified atom stereocenters. The van der Waals surface area contributed by atoms with Gasteiger partial charge in [0, 0.05) is 36.4 Å². The molecule has 0 aliphatic rings. The Morgan fingerprint density at radius 3 is 0.857 bits per heavy atom. The Morgan fingerprint density at radius 2 is 0.679 bits per heavy atom. The first kappa shape index (κ1) is 18.7. The number of hydrogen-bond acceptors (Lipinski definition) is 6. The molecule has 9 nitrogen and oxygen atoms in total. The number of nitro groups is 3. The minimum absolute atomic E-state index is 0.0603. The smallest absolute Gasteiger partial charge is 0.258 e. The highest BCUT2D eigenvalue weighted by Crippen LogP contribution is 2.12. The fraction of sp³-hybridized carbons (Fsp3) is 0. The first-order chi connectivity index (χ1) is 13.4. The molecule has 138 valence electrons. The lowest BCUT2D eigenvalue weighted by Gasteiger charge is -2.15. The zero-order valence-electron chi connectivity index (χ0n) is 14.3. The van der Waals surface area contributed by atoms with Crippen LogP contribution in [0.3, 0.4) is 0 Å². The van der Waals surface area contributed by atoms with E-state index in [1.165, 1.54) is 36.4 Å². The molecule has 3 aromatic carbocycles. The SMILES string of the molecule is O=[N+]([O-])c1ccc(B(c2ccc([N+](=O)[O-])cc2)c2ccc([N+](=O)[O-])cc2)cc1. The van der Waals surface area contributed by atoms with E-state index in [0.717, 1.165) is 0 Å². The van der Waals surface area contributed by atoms with Crippen molar-refractivity contribution in [3.63, 3.8) is 0 Å². The van der Waals surface area contributed by atoms with Gasteiger partial charge in [0.25, 0.3) is 17.1 Å². The molecular formula is C18H12BN3O6. The average Bonchev–Trinajstić information content (AvgIpc) is 2.69. The lowest BCUT2D eigenvalue weighted by atomic mass is 9.37. The Bertz CT molecular complexity index is 900. The van der Waals surface area contributed by atoms with Crippen LogP contribution in [0.4, 0.5) is 17.1 Å². The van der Waals surface area contributed by atoms with Crippen molar-refractivity contribution in [2.75, 3.05) is 0 Å². The summed E-state index contributed by atoms with van der Waals surface area (Å²) >= 11 is 0. The van der Waals surface area contributed by atoms with E-state index in [1.54, 1.807) is 36.4 Å². The maximum absolute atomic E-state index is 10.9. The predicted octanol–water partition coefficient (Wildman–Crippen LogP) is 1.93. The van der Waals surface area contributed by atoms with E-state index in [0.29, 0.717) is 16.4 Å². The summed E-state index contributed by atoms with van der Waals surface area (Å²) in [6.45, 7) is -0.401. The van der Waals surface area contributed by atoms with Crippen LogP contribution in [0.1, 0.15) is 0 Å². The fourth-order valence-corrected chi connectivity index (χ4v) is 2.94. The molecule has 0 saturated heterocycles. The van der Waals surface area contributed by atoms with Crippen LogP contribution in [0.25, 0.3) is 0 Å². The van der Waals surface area contributed by atoms with Crippen molar-refractivity contribution in [2.24, 2.45) is 0 Å². The van der Waals surface area contributed by atoms with E-state index < -0.39 is 21.5 Å². The second-order valence-corrected chi connectivity index (χ2v) is 5.98. The minimum Gasteiger partial charge on any atom is -0.258 e. The first-order valence-corrected chi connectivity index (χ1v) is 8.10. The number of nitrogens with zero attached hydrogens (tertiary/aromatic N) is 3. The first-order valence-electron chi connectivity index (χ1n) is 8.10. The van der Waals surface area contributed by atoms with Gasteiger partial charge in [0.2, 0.25) is 6.71 Å². The van der Waals surface area contributed by atoms with Gasteiger partial charge in [-0.1, -0.05) is 52.8 Å². The molecule has 0 heterocycles. The van der Waals surface area contributed by atoms with Crippen molar-refractivity contribution >= 4 is 40.2 Å². The molecule has 10 heteroatoms. The van der Waals surface area contributed by atoms with Gasteiger partial charge < -0.3 is 0 Å². The molecular weight excluding hydrogens is 365 g/mol. The predicted molar refractivity (Wildman–Crippen MR) is 104 cm³/mol. The topological polar surface area (TPSA) is 129 Å². The van der Waals surface area contributed by atoms with Crippen molar-refractivity contribution in [1.29, 1.82) is 0 Å². The summed E-state index contributed by atoms with van der Waals surface area (Å²) in [4.78, 5) is 31.2. The number of rotatable bonds is 6. The van der Waals surface area contributed by atoms with Gasteiger partial charge in [-0.15, -0.1) is 0 Å². The fourth-order valence-electron chi connectivity index (χ4n) is 2.94. The molecule has 3 rings (SSSR count). The minimum atomic E-state index is -0.503. The van der Waals surface area contributed by atoms with Gasteiger partial charge in [-0.25, -0.2) is 0 Å². The van der Waals surface area contributed by atoms with Crippen LogP contribution in [0.5, 0.6) is 0 Å².